The average molecular weight is 439 g/mol. The number of primary amides is 1. The number of amides is 1. The van der Waals surface area contributed by atoms with Crippen molar-refractivity contribution in [3.05, 3.63) is 58.5 Å². The fourth-order valence-electron chi connectivity index (χ4n) is 3.49. The van der Waals surface area contributed by atoms with Crippen molar-refractivity contribution in [3.63, 3.8) is 0 Å². The van der Waals surface area contributed by atoms with Gasteiger partial charge in [-0.1, -0.05) is 12.1 Å². The van der Waals surface area contributed by atoms with Gasteiger partial charge in [-0.15, -0.1) is 10.2 Å². The fourth-order valence-corrected chi connectivity index (χ4v) is 3.49. The zero-order chi connectivity index (χ0) is 22.7. The number of hydrogen-bond acceptors (Lipinski definition) is 9. The molecule has 3 aromatic rings. The molecular weight excluding hydrogens is 417 g/mol. The Morgan fingerprint density at radius 3 is 2.88 bits per heavy atom. The molecule has 0 unspecified atom stereocenters. The molecule has 0 spiro atoms. The van der Waals surface area contributed by atoms with E-state index in [-0.39, 0.29) is 28.7 Å². The summed E-state index contributed by atoms with van der Waals surface area (Å²) >= 11 is 0. The van der Waals surface area contributed by atoms with E-state index < -0.39 is 18.3 Å². The SMILES string of the molecule is COc1cc2c(cc1Nc1nnc(C(N)=O)c(Nc3c(F)cccc3CO)n1)CNCC2. The normalized spacial score (nSPS) is 12.7. The topological polar surface area (TPSA) is 147 Å². The summed E-state index contributed by atoms with van der Waals surface area (Å²) in [5, 5.41) is 26.4. The van der Waals surface area contributed by atoms with Crippen LogP contribution in [-0.2, 0) is 19.6 Å². The number of carbonyl (C=O) groups excluding carboxylic acids is 1. The number of hydrogen-bond donors (Lipinski definition) is 5. The predicted molar refractivity (Wildman–Crippen MR) is 116 cm³/mol. The second kappa shape index (κ2) is 9.12. The average Bonchev–Trinajstić information content (AvgIpc) is 2.80. The summed E-state index contributed by atoms with van der Waals surface area (Å²) in [5.41, 5.74) is 8.26. The van der Waals surface area contributed by atoms with Crippen LogP contribution in [-0.4, -0.2) is 39.8 Å². The number of aliphatic hydroxyl groups is 1. The molecule has 4 rings (SSSR count). The van der Waals surface area contributed by atoms with Crippen LogP contribution in [0, 0.1) is 5.82 Å². The highest BCUT2D eigenvalue weighted by atomic mass is 19.1. The molecule has 0 bridgehead atoms. The van der Waals surface area contributed by atoms with E-state index in [9.17, 15) is 14.3 Å². The lowest BCUT2D eigenvalue weighted by Crippen LogP contribution is -2.23. The summed E-state index contributed by atoms with van der Waals surface area (Å²) in [6, 6.07) is 8.10. The van der Waals surface area contributed by atoms with Crippen LogP contribution < -0.4 is 26.4 Å². The van der Waals surface area contributed by atoms with Crippen molar-refractivity contribution in [2.24, 2.45) is 5.73 Å². The quantitative estimate of drug-likeness (QED) is 0.371. The van der Waals surface area contributed by atoms with Crippen molar-refractivity contribution in [1.82, 2.24) is 20.5 Å². The Morgan fingerprint density at radius 1 is 1.28 bits per heavy atom. The number of nitrogens with zero attached hydrogens (tertiary/aromatic N) is 3. The molecule has 10 nitrogen and oxygen atoms in total. The number of ether oxygens (including phenoxy) is 1. The van der Waals surface area contributed by atoms with Gasteiger partial charge in [0.1, 0.15) is 11.6 Å². The highest BCUT2D eigenvalue weighted by Crippen LogP contribution is 2.32. The third-order valence-electron chi connectivity index (χ3n) is 5.09. The van der Waals surface area contributed by atoms with Crippen LogP contribution in [0.15, 0.2) is 30.3 Å². The molecule has 2 heterocycles. The zero-order valence-electron chi connectivity index (χ0n) is 17.3. The predicted octanol–water partition coefficient (Wildman–Crippen LogP) is 1.74. The third kappa shape index (κ3) is 4.29. The number of carbonyl (C=O) groups is 1. The molecular formula is C21H22FN7O3. The van der Waals surface area contributed by atoms with Crippen molar-refractivity contribution in [3.8, 4) is 5.75 Å². The largest absolute Gasteiger partial charge is 0.495 e. The molecule has 6 N–H and O–H groups in total. The Balaban J connectivity index is 1.71. The van der Waals surface area contributed by atoms with E-state index in [4.69, 9.17) is 10.5 Å². The maximum atomic E-state index is 14.4. The van der Waals surface area contributed by atoms with Gasteiger partial charge in [0.05, 0.1) is 25.1 Å². The van der Waals surface area contributed by atoms with Crippen LogP contribution in [0.5, 0.6) is 5.75 Å². The molecule has 2 aromatic carbocycles. The van der Waals surface area contributed by atoms with Crippen molar-refractivity contribution < 1.29 is 19.0 Å². The van der Waals surface area contributed by atoms with Gasteiger partial charge >= 0.3 is 0 Å². The summed E-state index contributed by atoms with van der Waals surface area (Å²) in [7, 11) is 1.56. The molecule has 166 valence electrons. The number of nitrogens with one attached hydrogen (secondary N) is 3. The number of benzene rings is 2. The van der Waals surface area contributed by atoms with Crippen molar-refractivity contribution in [1.29, 1.82) is 0 Å². The lowest BCUT2D eigenvalue weighted by Gasteiger charge is -2.20. The highest BCUT2D eigenvalue weighted by molar-refractivity contribution is 5.96. The first-order valence-corrected chi connectivity index (χ1v) is 9.87. The second-order valence-electron chi connectivity index (χ2n) is 7.13. The molecule has 0 radical (unpaired) electrons. The Kier molecular flexibility index (Phi) is 6.10. The van der Waals surface area contributed by atoms with E-state index in [0.717, 1.165) is 25.1 Å². The minimum absolute atomic E-state index is 0.0404. The van der Waals surface area contributed by atoms with Gasteiger partial charge in [0.2, 0.25) is 5.95 Å². The summed E-state index contributed by atoms with van der Waals surface area (Å²) in [6.07, 6.45) is 0.890. The minimum atomic E-state index is -0.890. The van der Waals surface area contributed by atoms with Gasteiger partial charge < -0.3 is 31.5 Å². The molecule has 0 aliphatic carbocycles. The van der Waals surface area contributed by atoms with E-state index in [1.54, 1.807) is 7.11 Å². The Bertz CT molecular complexity index is 1170. The van der Waals surface area contributed by atoms with Crippen molar-refractivity contribution in [2.45, 2.75) is 19.6 Å². The summed E-state index contributed by atoms with van der Waals surface area (Å²) in [5.74, 6) is -0.989. The molecule has 11 heteroatoms. The Hall–Kier alpha value is -3.83. The molecule has 0 atom stereocenters. The van der Waals surface area contributed by atoms with Crippen LogP contribution >= 0.6 is 0 Å². The number of fused-ring (bicyclic) bond motifs is 1. The fraction of sp³-hybridized carbons (Fsp3) is 0.238. The lowest BCUT2D eigenvalue weighted by atomic mass is 10.00. The van der Waals surface area contributed by atoms with Crippen LogP contribution in [0.2, 0.25) is 0 Å². The van der Waals surface area contributed by atoms with Crippen LogP contribution in [0.4, 0.5) is 27.5 Å². The summed E-state index contributed by atoms with van der Waals surface area (Å²) in [4.78, 5) is 16.1. The van der Waals surface area contributed by atoms with E-state index in [2.05, 4.69) is 31.1 Å². The van der Waals surface area contributed by atoms with Gasteiger partial charge in [-0.25, -0.2) is 4.39 Å². The summed E-state index contributed by atoms with van der Waals surface area (Å²) < 4.78 is 19.9. The van der Waals surface area contributed by atoms with E-state index in [1.807, 2.05) is 12.1 Å². The lowest BCUT2D eigenvalue weighted by molar-refractivity contribution is 0.0995. The standard InChI is InChI=1S/C21H22FN7O3/c1-32-16-8-11-5-6-24-9-13(11)7-15(16)25-21-27-20(18(19(23)31)28-29-21)26-17-12(10-30)3-2-4-14(17)22/h2-4,7-8,24,30H,5-6,9-10H2,1H3,(H2,23,31)(H2,25,26,27,29). The van der Waals surface area contributed by atoms with Crippen LogP contribution in [0.25, 0.3) is 0 Å². The number of halogens is 1. The number of anilines is 4. The van der Waals surface area contributed by atoms with Crippen molar-refractivity contribution >= 4 is 29.0 Å². The number of aromatic nitrogens is 3. The van der Waals surface area contributed by atoms with Gasteiger partial charge in [-0.2, -0.15) is 4.98 Å². The van der Waals surface area contributed by atoms with Gasteiger partial charge in [0.25, 0.3) is 5.91 Å². The van der Waals surface area contributed by atoms with Gasteiger partial charge in [0.15, 0.2) is 11.5 Å². The molecule has 1 aliphatic rings. The maximum absolute atomic E-state index is 14.4. The van der Waals surface area contributed by atoms with Crippen molar-refractivity contribution in [2.75, 3.05) is 24.3 Å². The van der Waals surface area contributed by atoms with Gasteiger partial charge in [0, 0.05) is 12.1 Å². The van der Waals surface area contributed by atoms with Gasteiger partial charge in [-0.3, -0.25) is 4.79 Å². The molecule has 0 saturated heterocycles. The third-order valence-corrected chi connectivity index (χ3v) is 5.09. The molecule has 1 aliphatic heterocycles. The Morgan fingerprint density at radius 2 is 2.12 bits per heavy atom. The summed E-state index contributed by atoms with van der Waals surface area (Å²) in [6.45, 7) is 1.19. The molecule has 1 aromatic heterocycles. The smallest absolute Gasteiger partial charge is 0.273 e. The number of para-hydroxylation sites is 1. The number of rotatable bonds is 7. The first-order valence-electron chi connectivity index (χ1n) is 9.87. The highest BCUT2D eigenvalue weighted by Gasteiger charge is 2.19. The van der Waals surface area contributed by atoms with Crippen LogP contribution in [0.1, 0.15) is 27.2 Å². The number of methoxy groups -OCH3 is 1. The first-order chi connectivity index (χ1) is 15.5. The number of nitrogens with two attached hydrogens (primary N) is 1. The molecule has 32 heavy (non-hydrogen) atoms. The molecule has 1 amide bonds. The van der Waals surface area contributed by atoms with Crippen LogP contribution in [0.3, 0.4) is 0 Å². The maximum Gasteiger partial charge on any atom is 0.273 e. The van der Waals surface area contributed by atoms with E-state index in [0.29, 0.717) is 11.4 Å². The van der Waals surface area contributed by atoms with E-state index in [1.165, 1.54) is 23.8 Å². The minimum Gasteiger partial charge on any atom is -0.495 e. The molecule has 0 saturated carbocycles. The van der Waals surface area contributed by atoms with Gasteiger partial charge in [-0.05, 0) is 42.3 Å². The first kappa shape index (κ1) is 21.4. The Labute approximate surface area is 183 Å². The zero-order valence-corrected chi connectivity index (χ0v) is 17.3. The molecule has 0 fully saturated rings. The monoisotopic (exact) mass is 439 g/mol. The number of aliphatic hydroxyl groups excluding tert-OH is 1. The second-order valence-corrected chi connectivity index (χ2v) is 7.13. The van der Waals surface area contributed by atoms with E-state index >= 15 is 0 Å².